The van der Waals surface area contributed by atoms with E-state index in [0.29, 0.717) is 23.7 Å². The fourth-order valence-electron chi connectivity index (χ4n) is 2.55. The molecule has 4 rings (SSSR count). The first-order valence-electron chi connectivity index (χ1n) is 8.71. The third-order valence-electron chi connectivity index (χ3n) is 3.92. The van der Waals surface area contributed by atoms with Gasteiger partial charge >= 0.3 is 0 Å². The second-order valence-corrected chi connectivity index (χ2v) is 6.01. The maximum absolute atomic E-state index is 12.4. The van der Waals surface area contributed by atoms with Crippen LogP contribution >= 0.6 is 0 Å². The first kappa shape index (κ1) is 17.4. The Kier molecular flexibility index (Phi) is 5.06. The average Bonchev–Trinajstić information content (AvgIpc) is 3.41. The molecule has 1 amide bonds. The number of carbonyl (C=O) groups excluding carboxylic acids is 1. The summed E-state index contributed by atoms with van der Waals surface area (Å²) in [5.74, 6) is 0.589. The molecular formula is C21H17N5O2. The van der Waals surface area contributed by atoms with Crippen molar-refractivity contribution in [3.05, 3.63) is 96.7 Å². The molecule has 2 heterocycles. The lowest BCUT2D eigenvalue weighted by Crippen LogP contribution is -2.10. The highest BCUT2D eigenvalue weighted by Gasteiger charge is 2.12. The van der Waals surface area contributed by atoms with E-state index in [2.05, 4.69) is 20.6 Å². The van der Waals surface area contributed by atoms with Crippen molar-refractivity contribution in [1.29, 1.82) is 0 Å². The summed E-state index contributed by atoms with van der Waals surface area (Å²) < 4.78 is 7.32. The third-order valence-corrected chi connectivity index (χ3v) is 3.92. The van der Waals surface area contributed by atoms with Gasteiger partial charge in [0.1, 0.15) is 5.76 Å². The fraction of sp³-hybridized carbons (Fsp3) is 0.0476. The highest BCUT2D eigenvalue weighted by atomic mass is 16.4. The molecule has 28 heavy (non-hydrogen) atoms. The summed E-state index contributed by atoms with van der Waals surface area (Å²) in [6, 6.07) is 21.8. The Morgan fingerprint density at radius 1 is 0.929 bits per heavy atom. The van der Waals surface area contributed by atoms with Crippen LogP contribution in [0.15, 0.2) is 99.8 Å². The Balaban J connectivity index is 1.37. The molecule has 7 nitrogen and oxygen atoms in total. The number of nitrogens with one attached hydrogen (secondary N) is 1. The second kappa shape index (κ2) is 8.13. The summed E-state index contributed by atoms with van der Waals surface area (Å²) in [4.78, 5) is 12.4. The molecule has 138 valence electrons. The smallest absolute Gasteiger partial charge is 0.291 e. The van der Waals surface area contributed by atoms with E-state index in [4.69, 9.17) is 4.42 Å². The van der Waals surface area contributed by atoms with Gasteiger partial charge in [-0.2, -0.15) is 15.3 Å². The molecular weight excluding hydrogens is 354 g/mol. The molecule has 0 atom stereocenters. The molecule has 2 aromatic carbocycles. The van der Waals surface area contributed by atoms with Crippen LogP contribution in [0.25, 0.3) is 0 Å². The molecule has 0 saturated carbocycles. The van der Waals surface area contributed by atoms with Gasteiger partial charge in [-0.05, 0) is 54.6 Å². The van der Waals surface area contributed by atoms with Crippen LogP contribution in [0.2, 0.25) is 0 Å². The van der Waals surface area contributed by atoms with Crippen LogP contribution in [0.1, 0.15) is 16.3 Å². The summed E-state index contributed by atoms with van der Waals surface area (Å²) in [5.41, 5.74) is 2.12. The average molecular weight is 371 g/mol. The summed E-state index contributed by atoms with van der Waals surface area (Å²) in [7, 11) is 0. The summed E-state index contributed by atoms with van der Waals surface area (Å²) in [6.07, 6.45) is 3.53. The molecule has 7 heteroatoms. The van der Waals surface area contributed by atoms with E-state index in [1.54, 1.807) is 47.3 Å². The maximum Gasteiger partial charge on any atom is 0.291 e. The SMILES string of the molecule is O=C(Nc1ccc(N=Nc2ccccc2)cc1)c1ccc(Cn2cccn2)o1. The highest BCUT2D eigenvalue weighted by Crippen LogP contribution is 2.20. The summed E-state index contributed by atoms with van der Waals surface area (Å²) in [5, 5.41) is 15.3. The van der Waals surface area contributed by atoms with E-state index in [-0.39, 0.29) is 11.7 Å². The van der Waals surface area contributed by atoms with Crippen molar-refractivity contribution in [3.8, 4) is 0 Å². The Bertz CT molecular complexity index is 1070. The lowest BCUT2D eigenvalue weighted by Gasteiger charge is -2.03. The number of hydrogen-bond acceptors (Lipinski definition) is 5. The molecule has 0 fully saturated rings. The fourth-order valence-corrected chi connectivity index (χ4v) is 2.55. The monoisotopic (exact) mass is 371 g/mol. The van der Waals surface area contributed by atoms with E-state index >= 15 is 0 Å². The Labute approximate surface area is 161 Å². The first-order valence-corrected chi connectivity index (χ1v) is 8.71. The van der Waals surface area contributed by atoms with Gasteiger partial charge in [-0.25, -0.2) is 0 Å². The van der Waals surface area contributed by atoms with Gasteiger partial charge in [0.2, 0.25) is 0 Å². The zero-order valence-corrected chi connectivity index (χ0v) is 14.9. The van der Waals surface area contributed by atoms with Gasteiger partial charge in [0.15, 0.2) is 5.76 Å². The zero-order chi connectivity index (χ0) is 19.2. The van der Waals surface area contributed by atoms with E-state index < -0.39 is 0 Å². The van der Waals surface area contributed by atoms with Crippen molar-refractivity contribution >= 4 is 23.0 Å². The Hall–Kier alpha value is -4.00. The van der Waals surface area contributed by atoms with Crippen LogP contribution in [0.4, 0.5) is 17.1 Å². The summed E-state index contributed by atoms with van der Waals surface area (Å²) >= 11 is 0. The molecule has 4 aromatic rings. The lowest BCUT2D eigenvalue weighted by molar-refractivity contribution is 0.0994. The zero-order valence-electron chi connectivity index (χ0n) is 14.9. The molecule has 0 bridgehead atoms. The molecule has 0 spiro atoms. The standard InChI is InChI=1S/C21H17N5O2/c27-21(20-12-11-19(28-20)15-26-14-4-13-22-26)23-16-7-9-18(10-8-16)25-24-17-5-2-1-3-6-17/h1-14H,15H2,(H,23,27). The van der Waals surface area contributed by atoms with Crippen molar-refractivity contribution < 1.29 is 9.21 Å². The van der Waals surface area contributed by atoms with Gasteiger partial charge in [-0.15, -0.1) is 0 Å². The van der Waals surface area contributed by atoms with Gasteiger partial charge in [0, 0.05) is 18.1 Å². The Morgan fingerprint density at radius 2 is 1.68 bits per heavy atom. The van der Waals surface area contributed by atoms with Gasteiger partial charge < -0.3 is 9.73 Å². The first-order chi connectivity index (χ1) is 13.8. The number of azo groups is 1. The normalized spacial score (nSPS) is 11.0. The number of carbonyl (C=O) groups is 1. The topological polar surface area (TPSA) is 84.8 Å². The van der Waals surface area contributed by atoms with E-state index in [9.17, 15) is 4.79 Å². The number of furan rings is 1. The van der Waals surface area contributed by atoms with Gasteiger partial charge in [-0.3, -0.25) is 9.48 Å². The van der Waals surface area contributed by atoms with Crippen LogP contribution in [0.5, 0.6) is 0 Å². The quantitative estimate of drug-likeness (QED) is 0.473. The highest BCUT2D eigenvalue weighted by molar-refractivity contribution is 6.02. The summed E-state index contributed by atoms with van der Waals surface area (Å²) in [6.45, 7) is 0.474. The van der Waals surface area contributed by atoms with E-state index in [1.807, 2.05) is 42.6 Å². The second-order valence-electron chi connectivity index (χ2n) is 6.01. The molecule has 0 radical (unpaired) electrons. The minimum absolute atomic E-state index is 0.245. The van der Waals surface area contributed by atoms with Crippen molar-refractivity contribution in [2.45, 2.75) is 6.54 Å². The number of rotatable bonds is 6. The minimum Gasteiger partial charge on any atom is -0.454 e. The predicted molar refractivity (Wildman–Crippen MR) is 105 cm³/mol. The molecule has 0 unspecified atom stereocenters. The Morgan fingerprint density at radius 3 is 2.39 bits per heavy atom. The van der Waals surface area contributed by atoms with Crippen LogP contribution in [0, 0.1) is 0 Å². The van der Waals surface area contributed by atoms with Crippen molar-refractivity contribution in [3.63, 3.8) is 0 Å². The van der Waals surface area contributed by atoms with Crippen LogP contribution in [-0.2, 0) is 6.54 Å². The molecule has 2 aromatic heterocycles. The molecule has 0 saturated heterocycles. The van der Waals surface area contributed by atoms with Gasteiger partial charge in [-0.1, -0.05) is 18.2 Å². The van der Waals surface area contributed by atoms with Crippen molar-refractivity contribution in [2.24, 2.45) is 10.2 Å². The number of nitrogens with zero attached hydrogens (tertiary/aromatic N) is 4. The predicted octanol–water partition coefficient (Wildman–Crippen LogP) is 5.19. The van der Waals surface area contributed by atoms with Crippen molar-refractivity contribution in [2.75, 3.05) is 5.32 Å². The van der Waals surface area contributed by atoms with E-state index in [0.717, 1.165) is 5.69 Å². The number of aromatic nitrogens is 2. The molecule has 1 N–H and O–H groups in total. The number of anilines is 1. The number of hydrogen-bond donors (Lipinski definition) is 1. The van der Waals surface area contributed by atoms with Gasteiger partial charge in [0.25, 0.3) is 5.91 Å². The molecule has 0 aliphatic carbocycles. The van der Waals surface area contributed by atoms with Crippen LogP contribution in [0.3, 0.4) is 0 Å². The third kappa shape index (κ3) is 4.39. The number of benzene rings is 2. The van der Waals surface area contributed by atoms with Crippen molar-refractivity contribution in [1.82, 2.24) is 9.78 Å². The minimum atomic E-state index is -0.314. The lowest BCUT2D eigenvalue weighted by atomic mass is 10.3. The number of amides is 1. The largest absolute Gasteiger partial charge is 0.454 e. The van der Waals surface area contributed by atoms with Gasteiger partial charge in [0.05, 0.1) is 17.9 Å². The van der Waals surface area contributed by atoms with Crippen LogP contribution < -0.4 is 5.32 Å². The maximum atomic E-state index is 12.4. The molecule has 0 aliphatic rings. The van der Waals surface area contributed by atoms with Crippen LogP contribution in [-0.4, -0.2) is 15.7 Å². The molecule has 0 aliphatic heterocycles. The van der Waals surface area contributed by atoms with E-state index in [1.165, 1.54) is 0 Å².